The van der Waals surface area contributed by atoms with Crippen LogP contribution in [0.1, 0.15) is 59.4 Å². The van der Waals surface area contributed by atoms with E-state index in [1.54, 1.807) is 59.8 Å². The molecule has 1 aromatic carbocycles. The van der Waals surface area contributed by atoms with Crippen molar-refractivity contribution in [2.75, 3.05) is 13.7 Å². The number of ether oxygens (including phenoxy) is 2. The summed E-state index contributed by atoms with van der Waals surface area (Å²) in [6, 6.07) is 5.92. The molecule has 2 rings (SSSR count). The van der Waals surface area contributed by atoms with Gasteiger partial charge in [-0.25, -0.2) is 9.18 Å². The molecular formula is C25H33FN2O5. The van der Waals surface area contributed by atoms with E-state index < -0.39 is 40.6 Å². The van der Waals surface area contributed by atoms with Crippen molar-refractivity contribution in [3.8, 4) is 0 Å². The van der Waals surface area contributed by atoms with Crippen LogP contribution in [-0.2, 0) is 23.9 Å². The number of carbonyl (C=O) groups excluding carboxylic acids is 3. The van der Waals surface area contributed by atoms with Gasteiger partial charge >= 0.3 is 11.9 Å². The maximum atomic E-state index is 13.9. The SMILES string of the molecule is COC(=O)C1=C(C)N(C(=O)C(C)(CN)CC(=O)OC(C)(C)C)C(C)=CC1c1cccc(F)c1. The molecule has 33 heavy (non-hydrogen) atoms. The van der Waals surface area contributed by atoms with Crippen molar-refractivity contribution < 1.29 is 28.2 Å². The Morgan fingerprint density at radius 3 is 2.30 bits per heavy atom. The lowest BCUT2D eigenvalue weighted by Crippen LogP contribution is -2.48. The number of benzene rings is 1. The molecule has 0 radical (unpaired) electrons. The number of carbonyl (C=O) groups is 3. The van der Waals surface area contributed by atoms with E-state index in [1.165, 1.54) is 24.1 Å². The predicted molar refractivity (Wildman–Crippen MR) is 122 cm³/mol. The van der Waals surface area contributed by atoms with Gasteiger partial charge in [0.1, 0.15) is 11.4 Å². The second kappa shape index (κ2) is 9.87. The highest BCUT2D eigenvalue weighted by Gasteiger charge is 2.43. The van der Waals surface area contributed by atoms with Crippen LogP contribution >= 0.6 is 0 Å². The second-order valence-electron chi connectivity index (χ2n) is 9.50. The van der Waals surface area contributed by atoms with Gasteiger partial charge in [0.15, 0.2) is 0 Å². The number of esters is 2. The number of nitrogens with two attached hydrogens (primary N) is 1. The summed E-state index contributed by atoms with van der Waals surface area (Å²) in [6.07, 6.45) is 1.48. The Hall–Kier alpha value is -3.00. The van der Waals surface area contributed by atoms with E-state index in [0.717, 1.165) is 0 Å². The zero-order valence-corrected chi connectivity index (χ0v) is 20.3. The van der Waals surface area contributed by atoms with Crippen LogP contribution in [0.2, 0.25) is 0 Å². The van der Waals surface area contributed by atoms with Crippen LogP contribution < -0.4 is 5.73 Å². The van der Waals surface area contributed by atoms with Gasteiger partial charge in [-0.3, -0.25) is 14.5 Å². The minimum Gasteiger partial charge on any atom is -0.466 e. The average molecular weight is 461 g/mol. The van der Waals surface area contributed by atoms with Crippen LogP contribution in [0.25, 0.3) is 0 Å². The van der Waals surface area contributed by atoms with Crippen molar-refractivity contribution in [1.29, 1.82) is 0 Å². The van der Waals surface area contributed by atoms with Crippen LogP contribution in [0, 0.1) is 11.2 Å². The summed E-state index contributed by atoms with van der Waals surface area (Å²) < 4.78 is 24.3. The van der Waals surface area contributed by atoms with Crippen molar-refractivity contribution in [3.05, 3.63) is 58.7 Å². The fourth-order valence-corrected chi connectivity index (χ4v) is 3.87. The minimum atomic E-state index is -1.27. The molecule has 7 nitrogen and oxygen atoms in total. The highest BCUT2D eigenvalue weighted by atomic mass is 19.1. The maximum absolute atomic E-state index is 13.9. The zero-order chi connectivity index (χ0) is 25.1. The zero-order valence-electron chi connectivity index (χ0n) is 20.3. The van der Waals surface area contributed by atoms with Crippen LogP contribution in [0.15, 0.2) is 47.3 Å². The van der Waals surface area contributed by atoms with Gasteiger partial charge in [0.05, 0.1) is 24.5 Å². The topological polar surface area (TPSA) is 98.9 Å². The van der Waals surface area contributed by atoms with Crippen LogP contribution in [0.5, 0.6) is 0 Å². The van der Waals surface area contributed by atoms with Gasteiger partial charge in [-0.15, -0.1) is 0 Å². The first-order chi connectivity index (χ1) is 15.2. The maximum Gasteiger partial charge on any atom is 0.336 e. The number of allylic oxidation sites excluding steroid dienone is 3. The van der Waals surface area contributed by atoms with Gasteiger partial charge in [-0.1, -0.05) is 18.2 Å². The quantitative estimate of drug-likeness (QED) is 0.649. The molecule has 0 bridgehead atoms. The van der Waals surface area contributed by atoms with Gasteiger partial charge in [-0.2, -0.15) is 0 Å². The van der Waals surface area contributed by atoms with E-state index in [1.807, 2.05) is 0 Å². The molecular weight excluding hydrogens is 427 g/mol. The molecule has 0 spiro atoms. The molecule has 0 fully saturated rings. The number of rotatable bonds is 6. The summed E-state index contributed by atoms with van der Waals surface area (Å²) in [7, 11) is 1.25. The first-order valence-electron chi connectivity index (χ1n) is 10.7. The van der Waals surface area contributed by atoms with E-state index in [-0.39, 0.29) is 18.5 Å². The number of halogens is 1. The Morgan fingerprint density at radius 1 is 1.15 bits per heavy atom. The molecule has 0 aliphatic carbocycles. The molecule has 0 saturated heterocycles. The number of methoxy groups -OCH3 is 1. The number of hydrogen-bond acceptors (Lipinski definition) is 6. The van der Waals surface area contributed by atoms with Gasteiger partial charge in [0.25, 0.3) is 0 Å². The van der Waals surface area contributed by atoms with Crippen LogP contribution in [-0.4, -0.2) is 42.0 Å². The molecule has 2 N–H and O–H groups in total. The fraction of sp³-hybridized carbons (Fsp3) is 0.480. The summed E-state index contributed by atoms with van der Waals surface area (Å²) in [6.45, 7) is 10.0. The summed E-state index contributed by atoms with van der Waals surface area (Å²) in [5.74, 6) is -2.67. The summed E-state index contributed by atoms with van der Waals surface area (Å²) in [5.41, 5.74) is 5.60. The van der Waals surface area contributed by atoms with E-state index in [0.29, 0.717) is 17.0 Å². The van der Waals surface area contributed by atoms with Gasteiger partial charge in [-0.05, 0) is 59.2 Å². The Kier molecular flexibility index (Phi) is 7.85. The first kappa shape index (κ1) is 26.3. The Labute approximate surface area is 194 Å². The van der Waals surface area contributed by atoms with Gasteiger partial charge in [0.2, 0.25) is 5.91 Å². The summed E-state index contributed by atoms with van der Waals surface area (Å²) >= 11 is 0. The highest BCUT2D eigenvalue weighted by molar-refractivity contribution is 5.96. The molecule has 8 heteroatoms. The third kappa shape index (κ3) is 5.87. The van der Waals surface area contributed by atoms with Crippen molar-refractivity contribution >= 4 is 17.8 Å². The molecule has 1 aliphatic rings. The molecule has 1 aromatic rings. The average Bonchev–Trinajstić information content (AvgIpc) is 2.71. The van der Waals surface area contributed by atoms with E-state index in [2.05, 4.69) is 0 Å². The predicted octanol–water partition coefficient (Wildman–Crippen LogP) is 3.80. The largest absolute Gasteiger partial charge is 0.466 e. The molecule has 2 unspecified atom stereocenters. The molecule has 0 aromatic heterocycles. The van der Waals surface area contributed by atoms with E-state index in [4.69, 9.17) is 15.2 Å². The lowest BCUT2D eigenvalue weighted by atomic mass is 9.82. The molecule has 2 atom stereocenters. The third-order valence-corrected chi connectivity index (χ3v) is 5.53. The number of nitrogens with zero attached hydrogens (tertiary/aromatic N) is 1. The number of amides is 1. The summed E-state index contributed by atoms with van der Waals surface area (Å²) in [5, 5.41) is 0. The standard InChI is InChI=1S/C25H33FN2O5/c1-15-11-19(17-9-8-10-18(26)12-17)21(22(30)32-7)16(2)28(15)23(31)25(6,14-27)13-20(29)33-24(3,4)5/h8-12,19H,13-14,27H2,1-7H3. The normalized spacial score (nSPS) is 18.4. The second-order valence-corrected chi connectivity index (χ2v) is 9.50. The van der Waals surface area contributed by atoms with Crippen molar-refractivity contribution in [3.63, 3.8) is 0 Å². The van der Waals surface area contributed by atoms with Gasteiger partial charge in [0, 0.05) is 23.9 Å². The van der Waals surface area contributed by atoms with Crippen LogP contribution in [0.3, 0.4) is 0 Å². The smallest absolute Gasteiger partial charge is 0.336 e. The van der Waals surface area contributed by atoms with Crippen molar-refractivity contribution in [2.45, 2.75) is 59.5 Å². The Morgan fingerprint density at radius 2 is 1.79 bits per heavy atom. The molecule has 1 amide bonds. The lowest BCUT2D eigenvalue weighted by Gasteiger charge is -2.38. The minimum absolute atomic E-state index is 0.108. The van der Waals surface area contributed by atoms with E-state index >= 15 is 0 Å². The van der Waals surface area contributed by atoms with Gasteiger partial charge < -0.3 is 15.2 Å². The lowest BCUT2D eigenvalue weighted by molar-refractivity contribution is -0.160. The Balaban J connectivity index is 2.51. The molecule has 180 valence electrons. The van der Waals surface area contributed by atoms with Crippen LogP contribution in [0.4, 0.5) is 4.39 Å². The first-order valence-corrected chi connectivity index (χ1v) is 10.7. The molecule has 1 heterocycles. The fourth-order valence-electron chi connectivity index (χ4n) is 3.87. The Bertz CT molecular complexity index is 1010. The van der Waals surface area contributed by atoms with Crippen molar-refractivity contribution in [1.82, 2.24) is 4.90 Å². The molecule has 1 aliphatic heterocycles. The monoisotopic (exact) mass is 460 g/mol. The number of hydrogen-bond donors (Lipinski definition) is 1. The van der Waals surface area contributed by atoms with Crippen molar-refractivity contribution in [2.24, 2.45) is 11.1 Å². The molecule has 0 saturated carbocycles. The van der Waals surface area contributed by atoms with E-state index in [9.17, 15) is 18.8 Å². The highest BCUT2D eigenvalue weighted by Crippen LogP contribution is 2.39. The summed E-state index contributed by atoms with van der Waals surface area (Å²) in [4.78, 5) is 40.3. The third-order valence-electron chi connectivity index (χ3n) is 5.53.